The van der Waals surface area contributed by atoms with Gasteiger partial charge in [0.15, 0.2) is 6.04 Å². The number of amides is 3. The van der Waals surface area contributed by atoms with E-state index in [-0.39, 0.29) is 30.2 Å². The molecule has 8 nitrogen and oxygen atoms in total. The summed E-state index contributed by atoms with van der Waals surface area (Å²) >= 11 is 0. The van der Waals surface area contributed by atoms with Crippen LogP contribution in [-0.2, 0) is 14.4 Å². The number of aliphatic imine (C=N–C) groups is 1. The van der Waals surface area contributed by atoms with Gasteiger partial charge in [-0.1, -0.05) is 31.4 Å². The Hall–Kier alpha value is -3.29. The van der Waals surface area contributed by atoms with Crippen molar-refractivity contribution < 1.29 is 14.4 Å². The molecule has 1 aromatic heterocycles. The van der Waals surface area contributed by atoms with Crippen molar-refractivity contribution in [2.75, 3.05) is 0 Å². The number of hydrogen-bond donors (Lipinski definition) is 1. The van der Waals surface area contributed by atoms with Gasteiger partial charge >= 0.3 is 0 Å². The van der Waals surface area contributed by atoms with E-state index in [1.807, 2.05) is 32.9 Å². The molecule has 0 unspecified atom stereocenters. The fraction of sp³-hybridized carbons (Fsp3) is 0.519. The molecule has 3 aliphatic rings. The lowest BCUT2D eigenvalue weighted by Gasteiger charge is -2.48. The van der Waals surface area contributed by atoms with Crippen molar-refractivity contribution >= 4 is 23.6 Å². The van der Waals surface area contributed by atoms with Crippen LogP contribution in [0.25, 0.3) is 0 Å². The smallest absolute Gasteiger partial charge is 0.250 e. The SMILES string of the molecule is CC(C)(C)NC(=O)[C@@H](c1ccccn1)N(C(=O)[C@@]1(C)CC(=O)N=C2C=CC=CN21)C1CCCCC1. The van der Waals surface area contributed by atoms with Crippen LogP contribution in [0.4, 0.5) is 0 Å². The summed E-state index contributed by atoms with van der Waals surface area (Å²) in [6.45, 7) is 7.53. The summed E-state index contributed by atoms with van der Waals surface area (Å²) in [4.78, 5) is 53.2. The molecule has 2 atom stereocenters. The zero-order chi connectivity index (χ0) is 25.2. The summed E-state index contributed by atoms with van der Waals surface area (Å²) in [5, 5.41) is 3.07. The molecule has 0 bridgehead atoms. The average Bonchev–Trinajstić information content (AvgIpc) is 2.82. The second kappa shape index (κ2) is 9.76. The molecular weight excluding hydrogens is 442 g/mol. The van der Waals surface area contributed by atoms with Crippen LogP contribution < -0.4 is 5.32 Å². The predicted molar refractivity (Wildman–Crippen MR) is 134 cm³/mol. The highest BCUT2D eigenvalue weighted by atomic mass is 16.2. The molecule has 0 spiro atoms. The molecule has 1 N–H and O–H groups in total. The highest BCUT2D eigenvalue weighted by molar-refractivity contribution is 6.10. The number of nitrogens with one attached hydrogen (secondary N) is 1. The summed E-state index contributed by atoms with van der Waals surface area (Å²) in [5.74, 6) is -0.436. The summed E-state index contributed by atoms with van der Waals surface area (Å²) in [6.07, 6.45) is 13.4. The number of pyridine rings is 1. The van der Waals surface area contributed by atoms with Gasteiger partial charge in [-0.3, -0.25) is 19.4 Å². The minimum Gasteiger partial charge on any atom is -0.349 e. The van der Waals surface area contributed by atoms with Gasteiger partial charge in [0.25, 0.3) is 5.91 Å². The fourth-order valence-electron chi connectivity index (χ4n) is 5.18. The molecule has 0 saturated heterocycles. The van der Waals surface area contributed by atoms with Crippen LogP contribution >= 0.6 is 0 Å². The van der Waals surface area contributed by atoms with E-state index in [0.717, 1.165) is 32.1 Å². The Morgan fingerprint density at radius 3 is 2.57 bits per heavy atom. The molecular formula is C27H35N5O3. The van der Waals surface area contributed by atoms with Crippen molar-refractivity contribution in [1.82, 2.24) is 20.1 Å². The van der Waals surface area contributed by atoms with E-state index in [4.69, 9.17) is 0 Å². The lowest BCUT2D eigenvalue weighted by atomic mass is 9.86. The van der Waals surface area contributed by atoms with Gasteiger partial charge < -0.3 is 15.1 Å². The second-order valence-electron chi connectivity index (χ2n) is 10.8. The lowest BCUT2D eigenvalue weighted by Crippen LogP contribution is -2.64. The number of allylic oxidation sites excluding steroid dienone is 2. The monoisotopic (exact) mass is 477 g/mol. The Balaban J connectivity index is 1.82. The van der Waals surface area contributed by atoms with E-state index in [1.54, 1.807) is 53.4 Å². The number of carbonyl (C=O) groups is 3. The second-order valence-corrected chi connectivity index (χ2v) is 10.8. The molecule has 35 heavy (non-hydrogen) atoms. The highest BCUT2D eigenvalue weighted by Gasteiger charge is 2.51. The van der Waals surface area contributed by atoms with Crippen LogP contribution in [0.15, 0.2) is 53.8 Å². The highest BCUT2D eigenvalue weighted by Crippen LogP contribution is 2.37. The van der Waals surface area contributed by atoms with Gasteiger partial charge in [-0.25, -0.2) is 0 Å². The van der Waals surface area contributed by atoms with Gasteiger partial charge in [-0.2, -0.15) is 4.99 Å². The number of amidine groups is 1. The van der Waals surface area contributed by atoms with Crippen LogP contribution in [0.5, 0.6) is 0 Å². The zero-order valence-corrected chi connectivity index (χ0v) is 21.0. The maximum Gasteiger partial charge on any atom is 0.250 e. The Bertz CT molecular complexity index is 1070. The van der Waals surface area contributed by atoms with Gasteiger partial charge in [0, 0.05) is 24.0 Å². The third-order valence-electron chi connectivity index (χ3n) is 6.76. The maximum absolute atomic E-state index is 14.6. The predicted octanol–water partition coefficient (Wildman–Crippen LogP) is 3.67. The van der Waals surface area contributed by atoms with Crippen molar-refractivity contribution in [3.63, 3.8) is 0 Å². The topological polar surface area (TPSA) is 95.0 Å². The lowest BCUT2D eigenvalue weighted by molar-refractivity contribution is -0.154. The quantitative estimate of drug-likeness (QED) is 0.698. The molecule has 8 heteroatoms. The molecule has 1 aliphatic carbocycles. The molecule has 4 rings (SSSR count). The van der Waals surface area contributed by atoms with E-state index in [0.29, 0.717) is 11.5 Å². The molecule has 0 aromatic carbocycles. The van der Waals surface area contributed by atoms with Gasteiger partial charge in [0.2, 0.25) is 11.8 Å². The van der Waals surface area contributed by atoms with E-state index < -0.39 is 17.1 Å². The first-order valence-corrected chi connectivity index (χ1v) is 12.4. The average molecular weight is 478 g/mol. The van der Waals surface area contributed by atoms with Crippen molar-refractivity contribution in [1.29, 1.82) is 0 Å². The molecule has 2 aliphatic heterocycles. The number of rotatable bonds is 5. The van der Waals surface area contributed by atoms with E-state index in [1.165, 1.54) is 0 Å². The first-order chi connectivity index (χ1) is 16.6. The van der Waals surface area contributed by atoms with Gasteiger partial charge in [0.1, 0.15) is 11.4 Å². The van der Waals surface area contributed by atoms with E-state index in [2.05, 4.69) is 15.3 Å². The molecule has 0 radical (unpaired) electrons. The van der Waals surface area contributed by atoms with Crippen LogP contribution in [0.1, 0.15) is 78.0 Å². The first-order valence-electron chi connectivity index (χ1n) is 12.4. The van der Waals surface area contributed by atoms with Gasteiger partial charge in [-0.15, -0.1) is 0 Å². The largest absolute Gasteiger partial charge is 0.349 e. The summed E-state index contributed by atoms with van der Waals surface area (Å²) in [7, 11) is 0. The minimum absolute atomic E-state index is 0.0629. The Labute approximate surface area is 207 Å². The standard InChI is InChI=1S/C27H35N5O3/c1-26(2,3)30-24(34)23(20-14-8-10-16-28-20)32(19-12-6-5-7-13-19)25(35)27(4)18-22(33)29-21-15-9-11-17-31(21)27/h8-11,14-17,19,23H,5-7,12-13,18H2,1-4H3,(H,30,34)/t23-,27-/m1/s1. The van der Waals surface area contributed by atoms with Crippen LogP contribution in [0.2, 0.25) is 0 Å². The summed E-state index contributed by atoms with van der Waals surface area (Å²) in [5.41, 5.74) is -1.18. The number of aromatic nitrogens is 1. The fourth-order valence-corrected chi connectivity index (χ4v) is 5.18. The summed E-state index contributed by atoms with van der Waals surface area (Å²) in [6, 6.07) is 4.37. The van der Waals surface area contributed by atoms with E-state index in [9.17, 15) is 14.4 Å². The molecule has 3 heterocycles. The number of fused-ring (bicyclic) bond motifs is 1. The van der Waals surface area contributed by atoms with E-state index >= 15 is 0 Å². The number of nitrogens with zero attached hydrogens (tertiary/aromatic N) is 4. The maximum atomic E-state index is 14.6. The number of hydrogen-bond acceptors (Lipinski definition) is 5. The van der Waals surface area contributed by atoms with Crippen molar-refractivity contribution in [3.05, 3.63) is 54.5 Å². The Morgan fingerprint density at radius 1 is 1.17 bits per heavy atom. The minimum atomic E-state index is -1.21. The first kappa shape index (κ1) is 24.8. The van der Waals surface area contributed by atoms with Crippen LogP contribution in [0.3, 0.4) is 0 Å². The molecule has 3 amide bonds. The Morgan fingerprint density at radius 2 is 1.91 bits per heavy atom. The van der Waals surface area contributed by atoms with Crippen LogP contribution in [0, 0.1) is 0 Å². The van der Waals surface area contributed by atoms with Crippen molar-refractivity contribution in [2.45, 2.75) is 89.4 Å². The molecule has 1 fully saturated rings. The van der Waals surface area contributed by atoms with Crippen molar-refractivity contribution in [3.8, 4) is 0 Å². The number of carbonyl (C=O) groups excluding carboxylic acids is 3. The zero-order valence-electron chi connectivity index (χ0n) is 21.0. The summed E-state index contributed by atoms with van der Waals surface area (Å²) < 4.78 is 0. The van der Waals surface area contributed by atoms with Gasteiger partial charge in [0.05, 0.1) is 12.1 Å². The van der Waals surface area contributed by atoms with Crippen molar-refractivity contribution in [2.24, 2.45) is 4.99 Å². The molecule has 186 valence electrons. The van der Waals surface area contributed by atoms with Crippen LogP contribution in [-0.4, -0.2) is 55.5 Å². The normalized spacial score (nSPS) is 23.4. The third-order valence-corrected chi connectivity index (χ3v) is 6.76. The molecule has 1 saturated carbocycles. The Kier molecular flexibility index (Phi) is 6.92. The van der Waals surface area contributed by atoms with Gasteiger partial charge in [-0.05, 0) is 64.8 Å². The third kappa shape index (κ3) is 5.21. The molecule has 1 aromatic rings.